The van der Waals surface area contributed by atoms with Crippen LogP contribution in [-0.4, -0.2) is 42.5 Å². The van der Waals surface area contributed by atoms with Crippen LogP contribution in [0.1, 0.15) is 13.8 Å². The summed E-state index contributed by atoms with van der Waals surface area (Å²) in [6, 6.07) is 3.26. The monoisotopic (exact) mass is 237 g/mol. The molecule has 0 aliphatic rings. The van der Waals surface area contributed by atoms with Gasteiger partial charge in [0.2, 0.25) is 5.91 Å². The Morgan fingerprint density at radius 1 is 1.65 bits per heavy atom. The van der Waals surface area contributed by atoms with Gasteiger partial charge in [0.15, 0.2) is 11.6 Å². The molecular weight excluding hydrogens is 218 g/mol. The molecule has 0 aliphatic carbocycles. The zero-order valence-electron chi connectivity index (χ0n) is 10.7. The van der Waals surface area contributed by atoms with Gasteiger partial charge in [-0.25, -0.2) is 4.98 Å². The van der Waals surface area contributed by atoms with E-state index in [0.717, 1.165) is 0 Å². The summed E-state index contributed by atoms with van der Waals surface area (Å²) >= 11 is 0. The fourth-order valence-corrected chi connectivity index (χ4v) is 1.42. The predicted octanol–water partition coefficient (Wildman–Crippen LogP) is 1.37. The highest BCUT2D eigenvalue weighted by molar-refractivity contribution is 5.84. The number of carbonyl (C=O) groups excluding carboxylic acids is 1. The van der Waals surface area contributed by atoms with E-state index in [9.17, 15) is 4.79 Å². The SMILES string of the molecule is CCN(C)C(=O)C(C)Nc1ncccc1OC. The predicted molar refractivity (Wildman–Crippen MR) is 67.2 cm³/mol. The molecule has 17 heavy (non-hydrogen) atoms. The Kier molecular flexibility index (Phi) is 4.75. The van der Waals surface area contributed by atoms with Crippen LogP contribution in [0.25, 0.3) is 0 Å². The van der Waals surface area contributed by atoms with E-state index in [0.29, 0.717) is 18.1 Å². The quantitative estimate of drug-likeness (QED) is 0.840. The van der Waals surface area contributed by atoms with Crippen LogP contribution in [0.2, 0.25) is 0 Å². The van der Waals surface area contributed by atoms with Gasteiger partial charge in [0.05, 0.1) is 7.11 Å². The third-order valence-electron chi connectivity index (χ3n) is 2.56. The van der Waals surface area contributed by atoms with Crippen molar-refractivity contribution in [2.24, 2.45) is 0 Å². The van der Waals surface area contributed by atoms with E-state index in [-0.39, 0.29) is 11.9 Å². The standard InChI is InChI=1S/C12H19N3O2/c1-5-15(3)12(16)9(2)14-11-10(17-4)7-6-8-13-11/h6-9H,5H2,1-4H3,(H,13,14). The largest absolute Gasteiger partial charge is 0.493 e. The van der Waals surface area contributed by atoms with Crippen molar-refractivity contribution in [2.45, 2.75) is 19.9 Å². The number of aromatic nitrogens is 1. The molecule has 1 amide bonds. The first-order chi connectivity index (χ1) is 8.10. The van der Waals surface area contributed by atoms with Crippen LogP contribution in [0.3, 0.4) is 0 Å². The minimum absolute atomic E-state index is 0.0280. The lowest BCUT2D eigenvalue weighted by Gasteiger charge is -2.21. The minimum Gasteiger partial charge on any atom is -0.493 e. The number of rotatable bonds is 5. The fraction of sp³-hybridized carbons (Fsp3) is 0.500. The first-order valence-corrected chi connectivity index (χ1v) is 5.60. The molecule has 1 heterocycles. The Balaban J connectivity index is 2.74. The molecule has 1 N–H and O–H groups in total. The van der Waals surface area contributed by atoms with Gasteiger partial charge in [0.25, 0.3) is 0 Å². The van der Waals surface area contributed by atoms with Gasteiger partial charge in [-0.1, -0.05) is 0 Å². The van der Waals surface area contributed by atoms with Gasteiger partial charge in [-0.05, 0) is 26.0 Å². The molecule has 5 nitrogen and oxygen atoms in total. The third-order valence-corrected chi connectivity index (χ3v) is 2.56. The van der Waals surface area contributed by atoms with Crippen LogP contribution in [0.5, 0.6) is 5.75 Å². The van der Waals surface area contributed by atoms with E-state index >= 15 is 0 Å². The summed E-state index contributed by atoms with van der Waals surface area (Å²) in [5, 5.41) is 3.05. The molecule has 1 aromatic heterocycles. The molecule has 1 aromatic rings. The fourth-order valence-electron chi connectivity index (χ4n) is 1.42. The number of hydrogen-bond donors (Lipinski definition) is 1. The molecule has 94 valence electrons. The second-order valence-corrected chi connectivity index (χ2v) is 3.77. The molecule has 0 bridgehead atoms. The average Bonchev–Trinajstić information content (AvgIpc) is 2.37. The van der Waals surface area contributed by atoms with Crippen molar-refractivity contribution in [1.29, 1.82) is 0 Å². The van der Waals surface area contributed by atoms with Gasteiger partial charge in [-0.3, -0.25) is 4.79 Å². The molecular formula is C12H19N3O2. The molecule has 1 rings (SSSR count). The minimum atomic E-state index is -0.330. The van der Waals surface area contributed by atoms with Crippen molar-refractivity contribution >= 4 is 11.7 Å². The number of amides is 1. The van der Waals surface area contributed by atoms with E-state index in [1.54, 1.807) is 37.4 Å². The van der Waals surface area contributed by atoms with Crippen LogP contribution in [-0.2, 0) is 4.79 Å². The number of anilines is 1. The highest BCUT2D eigenvalue weighted by Crippen LogP contribution is 2.20. The summed E-state index contributed by atoms with van der Waals surface area (Å²) < 4.78 is 5.16. The lowest BCUT2D eigenvalue weighted by atomic mass is 10.3. The molecule has 0 saturated heterocycles. The topological polar surface area (TPSA) is 54.5 Å². The van der Waals surface area contributed by atoms with Crippen LogP contribution >= 0.6 is 0 Å². The molecule has 0 aliphatic heterocycles. The van der Waals surface area contributed by atoms with Gasteiger partial charge in [0.1, 0.15) is 6.04 Å². The van der Waals surface area contributed by atoms with E-state index < -0.39 is 0 Å². The maximum Gasteiger partial charge on any atom is 0.244 e. The van der Waals surface area contributed by atoms with E-state index in [2.05, 4.69) is 10.3 Å². The number of nitrogens with zero attached hydrogens (tertiary/aromatic N) is 2. The number of hydrogen-bond acceptors (Lipinski definition) is 4. The van der Waals surface area contributed by atoms with Gasteiger partial charge in [0, 0.05) is 19.8 Å². The van der Waals surface area contributed by atoms with Crippen molar-refractivity contribution in [3.05, 3.63) is 18.3 Å². The summed E-state index contributed by atoms with van der Waals surface area (Å²) in [5.74, 6) is 1.24. The van der Waals surface area contributed by atoms with E-state index in [1.165, 1.54) is 0 Å². The van der Waals surface area contributed by atoms with Gasteiger partial charge >= 0.3 is 0 Å². The number of pyridine rings is 1. The molecule has 1 unspecified atom stereocenters. The summed E-state index contributed by atoms with van der Waals surface area (Å²) in [4.78, 5) is 17.7. The van der Waals surface area contributed by atoms with Crippen LogP contribution in [0, 0.1) is 0 Å². The Labute approximate surface area is 102 Å². The summed E-state index contributed by atoms with van der Waals surface area (Å²) in [5.41, 5.74) is 0. The number of nitrogens with one attached hydrogen (secondary N) is 1. The van der Waals surface area contributed by atoms with Crippen LogP contribution in [0.15, 0.2) is 18.3 Å². The Morgan fingerprint density at radius 2 is 2.35 bits per heavy atom. The number of carbonyl (C=O) groups is 1. The first kappa shape index (κ1) is 13.3. The maximum atomic E-state index is 11.9. The first-order valence-electron chi connectivity index (χ1n) is 5.60. The third kappa shape index (κ3) is 3.34. The smallest absolute Gasteiger partial charge is 0.244 e. The lowest BCUT2D eigenvalue weighted by Crippen LogP contribution is -2.39. The zero-order valence-corrected chi connectivity index (χ0v) is 10.7. The Hall–Kier alpha value is -1.78. The molecule has 0 radical (unpaired) electrons. The normalized spacial score (nSPS) is 11.8. The molecule has 0 spiro atoms. The van der Waals surface area contributed by atoms with Crippen molar-refractivity contribution < 1.29 is 9.53 Å². The molecule has 0 aromatic carbocycles. The van der Waals surface area contributed by atoms with Crippen molar-refractivity contribution in [1.82, 2.24) is 9.88 Å². The number of ether oxygens (including phenoxy) is 1. The summed E-state index contributed by atoms with van der Waals surface area (Å²) in [6.07, 6.45) is 1.66. The van der Waals surface area contributed by atoms with Crippen molar-refractivity contribution in [3.8, 4) is 5.75 Å². The molecule has 0 saturated carbocycles. The zero-order chi connectivity index (χ0) is 12.8. The average molecular weight is 237 g/mol. The lowest BCUT2D eigenvalue weighted by molar-refractivity contribution is -0.130. The van der Waals surface area contributed by atoms with Crippen LogP contribution < -0.4 is 10.1 Å². The van der Waals surface area contributed by atoms with Crippen LogP contribution in [0.4, 0.5) is 5.82 Å². The summed E-state index contributed by atoms with van der Waals surface area (Å²) in [6.45, 7) is 4.43. The Morgan fingerprint density at radius 3 is 2.94 bits per heavy atom. The number of methoxy groups -OCH3 is 1. The van der Waals surface area contributed by atoms with Gasteiger partial charge in [-0.15, -0.1) is 0 Å². The second-order valence-electron chi connectivity index (χ2n) is 3.77. The Bertz CT molecular complexity index is 382. The van der Waals surface area contributed by atoms with Gasteiger partial charge < -0.3 is 15.0 Å². The number of likely N-dealkylation sites (N-methyl/N-ethyl adjacent to an activating group) is 1. The van der Waals surface area contributed by atoms with Crippen molar-refractivity contribution in [2.75, 3.05) is 26.0 Å². The maximum absolute atomic E-state index is 11.9. The van der Waals surface area contributed by atoms with Crippen molar-refractivity contribution in [3.63, 3.8) is 0 Å². The highest BCUT2D eigenvalue weighted by Gasteiger charge is 2.17. The highest BCUT2D eigenvalue weighted by atomic mass is 16.5. The van der Waals surface area contributed by atoms with E-state index in [1.807, 2.05) is 13.8 Å². The molecule has 5 heteroatoms. The second kappa shape index (κ2) is 6.08. The van der Waals surface area contributed by atoms with Gasteiger partial charge in [-0.2, -0.15) is 0 Å². The molecule has 0 fully saturated rings. The summed E-state index contributed by atoms with van der Waals surface area (Å²) in [7, 11) is 3.35. The molecule has 1 atom stereocenters. The van der Waals surface area contributed by atoms with E-state index in [4.69, 9.17) is 4.74 Å².